The number of carbonyl (C=O) groups is 2. The van der Waals surface area contributed by atoms with Crippen LogP contribution in [0, 0.1) is 19.8 Å². The number of nitrogens with zero attached hydrogens (tertiary/aromatic N) is 2. The lowest BCUT2D eigenvalue weighted by molar-refractivity contribution is -0.135. The maximum absolute atomic E-state index is 12.4. The van der Waals surface area contributed by atoms with Crippen LogP contribution in [0.15, 0.2) is 6.07 Å². The van der Waals surface area contributed by atoms with Crippen molar-refractivity contribution in [3.63, 3.8) is 0 Å². The second kappa shape index (κ2) is 5.69. The molecule has 1 aromatic rings. The standard InChI is InChI=1S/C15H23N3O2/c1-10(2)14(19)17-5-7-18(8-6-17)15(20)13-9-11(3)16-12(13)4/h9-10,16H,5-8H2,1-4H3. The molecule has 0 unspecified atom stereocenters. The number of aromatic nitrogens is 1. The summed E-state index contributed by atoms with van der Waals surface area (Å²) in [5.41, 5.74) is 2.65. The fourth-order valence-electron chi connectivity index (χ4n) is 2.61. The molecule has 2 amide bonds. The van der Waals surface area contributed by atoms with Crippen LogP contribution in [0.25, 0.3) is 0 Å². The lowest BCUT2D eigenvalue weighted by Gasteiger charge is -2.35. The molecule has 110 valence electrons. The minimum Gasteiger partial charge on any atom is -0.362 e. The molecular weight excluding hydrogens is 254 g/mol. The zero-order valence-corrected chi connectivity index (χ0v) is 12.7. The number of aryl methyl sites for hydroxylation is 2. The highest BCUT2D eigenvalue weighted by Crippen LogP contribution is 2.15. The van der Waals surface area contributed by atoms with Gasteiger partial charge in [-0.05, 0) is 19.9 Å². The number of aromatic amines is 1. The van der Waals surface area contributed by atoms with Gasteiger partial charge in [-0.1, -0.05) is 13.8 Å². The highest BCUT2D eigenvalue weighted by atomic mass is 16.2. The van der Waals surface area contributed by atoms with Crippen molar-refractivity contribution in [2.24, 2.45) is 5.92 Å². The molecule has 1 aliphatic heterocycles. The Morgan fingerprint density at radius 2 is 1.65 bits per heavy atom. The molecule has 1 saturated heterocycles. The lowest BCUT2D eigenvalue weighted by Crippen LogP contribution is -2.51. The molecule has 5 heteroatoms. The highest BCUT2D eigenvalue weighted by molar-refractivity contribution is 5.95. The van der Waals surface area contributed by atoms with E-state index in [4.69, 9.17) is 0 Å². The third-order valence-electron chi connectivity index (χ3n) is 3.75. The smallest absolute Gasteiger partial charge is 0.255 e. The van der Waals surface area contributed by atoms with Gasteiger partial charge in [0.05, 0.1) is 5.56 Å². The van der Waals surface area contributed by atoms with E-state index in [9.17, 15) is 9.59 Å². The first-order valence-electron chi connectivity index (χ1n) is 7.14. The van der Waals surface area contributed by atoms with E-state index in [0.717, 1.165) is 17.0 Å². The molecule has 0 radical (unpaired) electrons. The Labute approximate surface area is 119 Å². The van der Waals surface area contributed by atoms with Crippen molar-refractivity contribution < 1.29 is 9.59 Å². The summed E-state index contributed by atoms with van der Waals surface area (Å²) in [6.45, 7) is 10.2. The van der Waals surface area contributed by atoms with Gasteiger partial charge >= 0.3 is 0 Å². The maximum Gasteiger partial charge on any atom is 0.255 e. The lowest BCUT2D eigenvalue weighted by atomic mass is 10.1. The van der Waals surface area contributed by atoms with Crippen molar-refractivity contribution in [1.29, 1.82) is 0 Å². The average molecular weight is 277 g/mol. The summed E-state index contributed by atoms with van der Waals surface area (Å²) in [7, 11) is 0. The first-order valence-corrected chi connectivity index (χ1v) is 7.14. The van der Waals surface area contributed by atoms with Gasteiger partial charge in [-0.25, -0.2) is 0 Å². The first kappa shape index (κ1) is 14.6. The van der Waals surface area contributed by atoms with E-state index in [0.29, 0.717) is 26.2 Å². The number of hydrogen-bond donors (Lipinski definition) is 1. The van der Waals surface area contributed by atoms with Crippen molar-refractivity contribution in [3.8, 4) is 0 Å². The zero-order valence-electron chi connectivity index (χ0n) is 12.7. The SMILES string of the molecule is Cc1cc(C(=O)N2CCN(C(=O)C(C)C)CC2)c(C)[nH]1. The van der Waals surface area contributed by atoms with E-state index < -0.39 is 0 Å². The van der Waals surface area contributed by atoms with Crippen molar-refractivity contribution in [2.75, 3.05) is 26.2 Å². The second-order valence-electron chi connectivity index (χ2n) is 5.76. The second-order valence-corrected chi connectivity index (χ2v) is 5.76. The van der Waals surface area contributed by atoms with Gasteiger partial charge in [0.2, 0.25) is 5.91 Å². The molecule has 0 aromatic carbocycles. The Morgan fingerprint density at radius 1 is 1.10 bits per heavy atom. The summed E-state index contributed by atoms with van der Waals surface area (Å²) < 4.78 is 0. The Morgan fingerprint density at radius 3 is 2.10 bits per heavy atom. The van der Waals surface area contributed by atoms with Crippen molar-refractivity contribution in [1.82, 2.24) is 14.8 Å². The molecule has 1 aromatic heterocycles. The van der Waals surface area contributed by atoms with Gasteiger partial charge in [0.1, 0.15) is 0 Å². The fourth-order valence-corrected chi connectivity index (χ4v) is 2.61. The van der Waals surface area contributed by atoms with Gasteiger partial charge in [-0.15, -0.1) is 0 Å². The Kier molecular flexibility index (Phi) is 4.16. The Bertz CT molecular complexity index is 511. The number of H-pyrrole nitrogens is 1. The van der Waals surface area contributed by atoms with E-state index >= 15 is 0 Å². The molecule has 1 fully saturated rings. The van der Waals surface area contributed by atoms with Crippen LogP contribution in [0.2, 0.25) is 0 Å². The fraction of sp³-hybridized carbons (Fsp3) is 0.600. The first-order chi connectivity index (χ1) is 9.40. The van der Waals surface area contributed by atoms with Gasteiger partial charge < -0.3 is 14.8 Å². The van der Waals surface area contributed by atoms with E-state index in [1.54, 1.807) is 0 Å². The molecule has 5 nitrogen and oxygen atoms in total. The molecular formula is C15H23N3O2. The van der Waals surface area contributed by atoms with Crippen molar-refractivity contribution in [2.45, 2.75) is 27.7 Å². The molecule has 0 atom stereocenters. The molecule has 0 bridgehead atoms. The van der Waals surface area contributed by atoms with Crippen molar-refractivity contribution >= 4 is 11.8 Å². The van der Waals surface area contributed by atoms with Crippen LogP contribution in [0.5, 0.6) is 0 Å². The van der Waals surface area contributed by atoms with E-state index in [-0.39, 0.29) is 17.7 Å². The molecule has 0 saturated carbocycles. The highest BCUT2D eigenvalue weighted by Gasteiger charge is 2.26. The predicted molar refractivity (Wildman–Crippen MR) is 77.6 cm³/mol. The van der Waals surface area contributed by atoms with E-state index in [1.165, 1.54) is 0 Å². The molecule has 1 aliphatic rings. The van der Waals surface area contributed by atoms with Crippen LogP contribution in [-0.4, -0.2) is 52.8 Å². The van der Waals surface area contributed by atoms with E-state index in [1.807, 2.05) is 43.6 Å². The summed E-state index contributed by atoms with van der Waals surface area (Å²) in [4.78, 5) is 31.2. The topological polar surface area (TPSA) is 56.4 Å². The summed E-state index contributed by atoms with van der Waals surface area (Å²) in [6, 6.07) is 1.89. The largest absolute Gasteiger partial charge is 0.362 e. The van der Waals surface area contributed by atoms with Crippen LogP contribution >= 0.6 is 0 Å². The maximum atomic E-state index is 12.4. The number of carbonyl (C=O) groups excluding carboxylic acids is 2. The van der Waals surface area contributed by atoms with Gasteiger partial charge in [-0.3, -0.25) is 9.59 Å². The number of hydrogen-bond acceptors (Lipinski definition) is 2. The molecule has 0 spiro atoms. The quantitative estimate of drug-likeness (QED) is 0.892. The van der Waals surface area contributed by atoms with Crippen LogP contribution in [0.1, 0.15) is 35.6 Å². The van der Waals surface area contributed by atoms with Crippen molar-refractivity contribution in [3.05, 3.63) is 23.0 Å². The summed E-state index contributed by atoms with van der Waals surface area (Å²) in [6.07, 6.45) is 0. The predicted octanol–water partition coefficient (Wildman–Crippen LogP) is 1.57. The molecule has 2 heterocycles. The number of amides is 2. The molecule has 20 heavy (non-hydrogen) atoms. The molecule has 0 aliphatic carbocycles. The van der Waals surface area contributed by atoms with Gasteiger partial charge in [0.15, 0.2) is 0 Å². The summed E-state index contributed by atoms with van der Waals surface area (Å²) in [5, 5.41) is 0. The van der Waals surface area contributed by atoms with Crippen LogP contribution in [-0.2, 0) is 4.79 Å². The van der Waals surface area contributed by atoms with E-state index in [2.05, 4.69) is 4.98 Å². The van der Waals surface area contributed by atoms with Crippen LogP contribution < -0.4 is 0 Å². The zero-order chi connectivity index (χ0) is 14.9. The van der Waals surface area contributed by atoms with Gasteiger partial charge in [-0.2, -0.15) is 0 Å². The third-order valence-corrected chi connectivity index (χ3v) is 3.75. The van der Waals surface area contributed by atoms with Gasteiger partial charge in [0.25, 0.3) is 5.91 Å². The average Bonchev–Trinajstić information content (AvgIpc) is 2.76. The Balaban J connectivity index is 1.99. The summed E-state index contributed by atoms with van der Waals surface area (Å²) >= 11 is 0. The minimum atomic E-state index is 0.0202. The molecule has 1 N–H and O–H groups in total. The number of piperazine rings is 1. The van der Waals surface area contributed by atoms with Crippen LogP contribution in [0.4, 0.5) is 0 Å². The number of nitrogens with one attached hydrogen (secondary N) is 1. The van der Waals surface area contributed by atoms with Gasteiger partial charge in [0, 0.05) is 43.5 Å². The third kappa shape index (κ3) is 2.86. The summed E-state index contributed by atoms with van der Waals surface area (Å²) in [5.74, 6) is 0.251. The van der Waals surface area contributed by atoms with Crippen LogP contribution in [0.3, 0.4) is 0 Å². The minimum absolute atomic E-state index is 0.0202. The Hall–Kier alpha value is -1.78. The molecule has 2 rings (SSSR count). The monoisotopic (exact) mass is 277 g/mol. The normalized spacial score (nSPS) is 15.8. The number of rotatable bonds is 2.